The van der Waals surface area contributed by atoms with Crippen LogP contribution in [-0.2, 0) is 9.59 Å². The van der Waals surface area contributed by atoms with E-state index in [0.717, 1.165) is 0 Å². The largest absolute Gasteiger partial charge is 0.480 e. The van der Waals surface area contributed by atoms with Gasteiger partial charge in [-0.2, -0.15) is 5.26 Å². The summed E-state index contributed by atoms with van der Waals surface area (Å²) in [5.74, 6) is -1.27. The summed E-state index contributed by atoms with van der Waals surface area (Å²) in [6, 6.07) is 2.86. The molecule has 0 bridgehead atoms. The van der Waals surface area contributed by atoms with Gasteiger partial charge in [-0.25, -0.2) is 0 Å². The van der Waals surface area contributed by atoms with E-state index in [-0.39, 0.29) is 31.8 Å². The van der Waals surface area contributed by atoms with Crippen molar-refractivity contribution in [2.75, 3.05) is 18.4 Å². The third kappa shape index (κ3) is 3.78. The smallest absolute Gasteiger partial charge is 0.321 e. The molecule has 2 atom stereocenters. The molecule has 21 heavy (non-hydrogen) atoms. The van der Waals surface area contributed by atoms with Gasteiger partial charge >= 0.3 is 5.97 Å². The van der Waals surface area contributed by atoms with E-state index >= 15 is 0 Å². The maximum Gasteiger partial charge on any atom is 0.321 e. The van der Waals surface area contributed by atoms with Crippen LogP contribution in [0.3, 0.4) is 0 Å². The average Bonchev–Trinajstić information content (AvgIpc) is 3.02. The lowest BCUT2D eigenvalue weighted by Crippen LogP contribution is -2.37. The Morgan fingerprint density at radius 1 is 1.57 bits per heavy atom. The fraction of sp³-hybridized carbons (Fsp3) is 0.462. The number of carbonyl (C=O) groups excluding carboxylic acids is 1. The average molecular weight is 309 g/mol. The van der Waals surface area contributed by atoms with Gasteiger partial charge in [0.2, 0.25) is 5.91 Å². The van der Waals surface area contributed by atoms with Crippen molar-refractivity contribution < 1.29 is 19.8 Å². The first-order valence-corrected chi connectivity index (χ1v) is 7.31. The van der Waals surface area contributed by atoms with Crippen molar-refractivity contribution in [3.05, 3.63) is 17.0 Å². The normalized spacial score (nSPS) is 21.9. The summed E-state index contributed by atoms with van der Waals surface area (Å²) in [5.41, 5.74) is 0.411. The Bertz CT molecular complexity index is 580. The highest BCUT2D eigenvalue weighted by molar-refractivity contribution is 7.14. The van der Waals surface area contributed by atoms with Gasteiger partial charge in [-0.1, -0.05) is 0 Å². The SMILES string of the molecule is N#Cc1ccsc1NC(=O)CCN1CC(O)CC1C(=O)O. The molecule has 0 spiro atoms. The predicted octanol–water partition coefficient (Wildman–Crippen LogP) is 0.468. The number of hydrogen-bond donors (Lipinski definition) is 3. The van der Waals surface area contributed by atoms with Crippen molar-refractivity contribution >= 4 is 28.2 Å². The maximum absolute atomic E-state index is 11.8. The zero-order valence-electron chi connectivity index (χ0n) is 11.2. The molecule has 1 fully saturated rings. The number of carbonyl (C=O) groups is 2. The van der Waals surface area contributed by atoms with E-state index in [1.165, 1.54) is 11.3 Å². The number of aliphatic hydroxyl groups excluding tert-OH is 1. The summed E-state index contributed by atoms with van der Waals surface area (Å²) < 4.78 is 0. The lowest BCUT2D eigenvalue weighted by atomic mass is 10.2. The fourth-order valence-corrected chi connectivity index (χ4v) is 3.07. The van der Waals surface area contributed by atoms with Crippen LogP contribution in [0.5, 0.6) is 0 Å². The monoisotopic (exact) mass is 309 g/mol. The quantitative estimate of drug-likeness (QED) is 0.728. The second kappa shape index (κ2) is 6.67. The number of nitriles is 1. The number of thiophene rings is 1. The molecule has 1 saturated heterocycles. The minimum atomic E-state index is -0.989. The number of β-amino-alcohol motifs (C(OH)–C–C–N with tert-alkyl or cyclic N) is 1. The van der Waals surface area contributed by atoms with Gasteiger partial charge in [0.15, 0.2) is 0 Å². The van der Waals surface area contributed by atoms with E-state index < -0.39 is 18.1 Å². The number of rotatable bonds is 5. The Balaban J connectivity index is 1.87. The zero-order valence-corrected chi connectivity index (χ0v) is 12.0. The second-order valence-electron chi connectivity index (χ2n) is 4.81. The number of amides is 1. The lowest BCUT2D eigenvalue weighted by Gasteiger charge is -2.20. The molecule has 8 heteroatoms. The summed E-state index contributed by atoms with van der Waals surface area (Å²) in [6.45, 7) is 0.514. The van der Waals surface area contributed by atoms with Gasteiger partial charge in [-0.15, -0.1) is 11.3 Å². The van der Waals surface area contributed by atoms with Crippen LogP contribution >= 0.6 is 11.3 Å². The van der Waals surface area contributed by atoms with E-state index in [9.17, 15) is 14.7 Å². The molecular weight excluding hydrogens is 294 g/mol. The van der Waals surface area contributed by atoms with Crippen LogP contribution in [0.1, 0.15) is 18.4 Å². The first-order valence-electron chi connectivity index (χ1n) is 6.43. The molecule has 1 amide bonds. The molecule has 2 unspecified atom stereocenters. The number of carboxylic acid groups (broad SMARTS) is 1. The standard InChI is InChI=1S/C13H15N3O4S/c14-6-8-2-4-21-12(8)15-11(18)1-3-16-7-9(17)5-10(16)13(19)20/h2,4,9-10,17H,1,3,5,7H2,(H,15,18)(H,19,20). The number of nitrogens with one attached hydrogen (secondary N) is 1. The molecule has 0 saturated carbocycles. The van der Waals surface area contributed by atoms with Gasteiger partial charge in [0.05, 0.1) is 11.7 Å². The highest BCUT2D eigenvalue weighted by atomic mass is 32.1. The minimum absolute atomic E-state index is 0.110. The van der Waals surface area contributed by atoms with Crippen molar-refractivity contribution in [2.45, 2.75) is 25.0 Å². The Labute approximate surface area is 125 Å². The molecule has 0 aliphatic carbocycles. The predicted molar refractivity (Wildman–Crippen MR) is 75.9 cm³/mol. The Morgan fingerprint density at radius 2 is 2.33 bits per heavy atom. The Hall–Kier alpha value is -1.95. The van der Waals surface area contributed by atoms with Gasteiger partial charge in [0, 0.05) is 25.9 Å². The number of likely N-dealkylation sites (tertiary alicyclic amines) is 1. The zero-order chi connectivity index (χ0) is 15.4. The van der Waals surface area contributed by atoms with Gasteiger partial charge in [0.1, 0.15) is 17.1 Å². The molecule has 1 aromatic rings. The van der Waals surface area contributed by atoms with Crippen molar-refractivity contribution in [3.8, 4) is 6.07 Å². The van der Waals surface area contributed by atoms with Crippen LogP contribution in [-0.4, -0.2) is 52.2 Å². The molecule has 1 aliphatic rings. The summed E-state index contributed by atoms with van der Waals surface area (Å²) in [7, 11) is 0. The second-order valence-corrected chi connectivity index (χ2v) is 5.73. The first kappa shape index (κ1) is 15.4. The Morgan fingerprint density at radius 3 is 3.00 bits per heavy atom. The van der Waals surface area contributed by atoms with E-state index in [2.05, 4.69) is 5.32 Å². The first-order chi connectivity index (χ1) is 10.0. The summed E-state index contributed by atoms with van der Waals surface area (Å²) in [5, 5.41) is 32.3. The van der Waals surface area contributed by atoms with Crippen LogP contribution in [0.4, 0.5) is 5.00 Å². The third-order valence-corrected chi connectivity index (χ3v) is 4.16. The molecule has 7 nitrogen and oxygen atoms in total. The molecule has 0 radical (unpaired) electrons. The number of aliphatic hydroxyl groups is 1. The fourth-order valence-electron chi connectivity index (χ4n) is 2.31. The molecule has 0 aromatic carbocycles. The van der Waals surface area contributed by atoms with Crippen molar-refractivity contribution in [1.82, 2.24) is 4.90 Å². The third-order valence-electron chi connectivity index (χ3n) is 3.33. The van der Waals surface area contributed by atoms with E-state index in [1.54, 1.807) is 16.3 Å². The molecule has 3 N–H and O–H groups in total. The van der Waals surface area contributed by atoms with Gasteiger partial charge < -0.3 is 15.5 Å². The molecule has 2 heterocycles. The highest BCUT2D eigenvalue weighted by Crippen LogP contribution is 2.23. The van der Waals surface area contributed by atoms with E-state index in [0.29, 0.717) is 10.6 Å². The van der Waals surface area contributed by atoms with Gasteiger partial charge in [0.25, 0.3) is 0 Å². The molecule has 112 valence electrons. The van der Waals surface area contributed by atoms with E-state index in [1.807, 2.05) is 6.07 Å². The summed E-state index contributed by atoms with van der Waals surface area (Å²) in [4.78, 5) is 24.5. The van der Waals surface area contributed by atoms with E-state index in [4.69, 9.17) is 10.4 Å². The van der Waals surface area contributed by atoms with Crippen LogP contribution in [0.2, 0.25) is 0 Å². The maximum atomic E-state index is 11.8. The molecular formula is C13H15N3O4S. The highest BCUT2D eigenvalue weighted by Gasteiger charge is 2.35. The topological polar surface area (TPSA) is 114 Å². The number of nitrogens with zero attached hydrogens (tertiary/aromatic N) is 2. The number of hydrogen-bond acceptors (Lipinski definition) is 6. The summed E-state index contributed by atoms with van der Waals surface area (Å²) in [6.07, 6.45) is -0.378. The summed E-state index contributed by atoms with van der Waals surface area (Å²) >= 11 is 1.26. The van der Waals surface area contributed by atoms with Crippen LogP contribution in [0, 0.1) is 11.3 Å². The number of carboxylic acids is 1. The van der Waals surface area contributed by atoms with Gasteiger partial charge in [-0.05, 0) is 11.4 Å². The number of aliphatic carboxylic acids is 1. The number of anilines is 1. The molecule has 1 aliphatic heterocycles. The van der Waals surface area contributed by atoms with Crippen molar-refractivity contribution in [2.24, 2.45) is 0 Å². The lowest BCUT2D eigenvalue weighted by molar-refractivity contribution is -0.142. The Kier molecular flexibility index (Phi) is 4.90. The molecule has 1 aromatic heterocycles. The van der Waals surface area contributed by atoms with Crippen LogP contribution < -0.4 is 5.32 Å². The van der Waals surface area contributed by atoms with Crippen molar-refractivity contribution in [1.29, 1.82) is 5.26 Å². The van der Waals surface area contributed by atoms with Crippen molar-refractivity contribution in [3.63, 3.8) is 0 Å². The van der Waals surface area contributed by atoms with Crippen LogP contribution in [0.25, 0.3) is 0 Å². The minimum Gasteiger partial charge on any atom is -0.480 e. The van der Waals surface area contributed by atoms with Crippen LogP contribution in [0.15, 0.2) is 11.4 Å². The van der Waals surface area contributed by atoms with Gasteiger partial charge in [-0.3, -0.25) is 14.5 Å². The molecule has 2 rings (SSSR count).